The molecule has 0 aromatic rings. The first-order valence-electron chi connectivity index (χ1n) is 0.810. The molecule has 0 rings (SSSR count). The van der Waals surface area contributed by atoms with E-state index in [9.17, 15) is 4.20 Å². The van der Waals surface area contributed by atoms with Crippen molar-refractivity contribution in [2.24, 2.45) is 0 Å². The fraction of sp³-hybridized carbons (Fsp3) is 0. The molecule has 0 bridgehead atoms. The van der Waals surface area contributed by atoms with Crippen molar-refractivity contribution in [1.82, 2.24) is 0 Å². The van der Waals surface area contributed by atoms with Crippen molar-refractivity contribution >= 4 is 27.3 Å². The normalized spacial score (nSPS) is 21.4. The Balaban J connectivity index is 3.47. The average molecular weight is 203 g/mol. The Morgan fingerprint density at radius 2 is 2.00 bits per heavy atom. The molecule has 0 fully saturated rings. The summed E-state index contributed by atoms with van der Waals surface area (Å²) in [6, 6.07) is 0. The van der Waals surface area contributed by atoms with Gasteiger partial charge in [-0.2, -0.15) is 0 Å². The van der Waals surface area contributed by atoms with E-state index in [1.807, 2.05) is 0 Å². The van der Waals surface area contributed by atoms with Crippen LogP contribution in [0.2, 0.25) is 0 Å². The predicted octanol–water partition coefficient (Wildman–Crippen LogP) is -0.0429. The van der Waals surface area contributed by atoms with Crippen molar-refractivity contribution in [3.63, 3.8) is 0 Å². The zero-order valence-electron chi connectivity index (χ0n) is 2.26. The van der Waals surface area contributed by atoms with E-state index in [0.717, 1.165) is 0 Å². The number of rotatable bonds is 0. The minimum absolute atomic E-state index is 0.191. The molecule has 5 heavy (non-hydrogen) atoms. The van der Waals surface area contributed by atoms with Gasteiger partial charge in [-0.1, -0.05) is 0 Å². The third kappa shape index (κ3) is 49.6. The van der Waals surface area contributed by atoms with Crippen molar-refractivity contribution in [2.75, 3.05) is 0 Å². The molecule has 0 heterocycles. The van der Waals surface area contributed by atoms with Gasteiger partial charge >= 0.3 is 41.0 Å². The van der Waals surface area contributed by atoms with Gasteiger partial charge in [0.25, 0.3) is 0 Å². The summed E-state index contributed by atoms with van der Waals surface area (Å²) >= 11 is -0.191. The van der Waals surface area contributed by atoms with Gasteiger partial charge in [-0.05, 0) is 0 Å². The van der Waals surface area contributed by atoms with Crippen LogP contribution in [0.1, 0.15) is 0 Å². The second kappa shape index (κ2) is 1.58. The number of halogens is 1. The molecule has 0 aliphatic carbocycles. The van der Waals surface area contributed by atoms with Crippen molar-refractivity contribution in [1.29, 1.82) is 0 Å². The second-order valence-electron chi connectivity index (χ2n) is 0.545. The Labute approximate surface area is 41.4 Å². The van der Waals surface area contributed by atoms with Crippen LogP contribution in [0.25, 0.3) is 0 Å². The van der Waals surface area contributed by atoms with Gasteiger partial charge < -0.3 is 0 Å². The van der Waals surface area contributed by atoms with Crippen LogP contribution in [0, 0.1) is 0 Å². The molecule has 0 aliphatic rings. The molecule has 0 saturated heterocycles. The Bertz CT molecular complexity index is 55.8. The van der Waals surface area contributed by atoms with E-state index in [-0.39, 0.29) is 22.0 Å². The molecule has 0 saturated carbocycles. The predicted molar refractivity (Wildman–Crippen MR) is 18.1 cm³/mol. The molecule has 0 amide bonds. The van der Waals surface area contributed by atoms with Crippen LogP contribution in [-0.4, -0.2) is 26.9 Å². The SMILES string of the molecule is O=[P](O)(F)[SnH]. The fourth-order valence-corrected chi connectivity index (χ4v) is 0. The molecule has 2 nitrogen and oxygen atoms in total. The van der Waals surface area contributed by atoms with Gasteiger partial charge in [0.1, 0.15) is 0 Å². The Morgan fingerprint density at radius 1 is 2.00 bits per heavy atom. The summed E-state index contributed by atoms with van der Waals surface area (Å²) in [6.45, 7) is 0. The molecule has 5 heteroatoms. The molecule has 1 N–H and O–H groups in total. The van der Waals surface area contributed by atoms with Crippen molar-refractivity contribution < 1.29 is 13.7 Å². The quantitative estimate of drug-likeness (QED) is 0.442. The van der Waals surface area contributed by atoms with Gasteiger partial charge in [-0.25, -0.2) is 0 Å². The van der Waals surface area contributed by atoms with E-state index in [1.165, 1.54) is 0 Å². The second-order valence-corrected chi connectivity index (χ2v) is 7.09. The molecule has 0 aliphatic heterocycles. The number of hydrogen-bond acceptors (Lipinski definition) is 1. The molecule has 1 atom stereocenters. The van der Waals surface area contributed by atoms with Crippen molar-refractivity contribution in [3.05, 3.63) is 0 Å². The van der Waals surface area contributed by atoms with E-state index in [2.05, 4.69) is 0 Å². The van der Waals surface area contributed by atoms with Crippen LogP contribution in [0.3, 0.4) is 0 Å². The first kappa shape index (κ1) is 5.92. The molecule has 2 radical (unpaired) electrons. The van der Waals surface area contributed by atoms with Crippen molar-refractivity contribution in [2.45, 2.75) is 0 Å². The molecular formula is H2FO2PSn. The van der Waals surface area contributed by atoms with Crippen molar-refractivity contribution in [3.8, 4) is 0 Å². The van der Waals surface area contributed by atoms with Gasteiger partial charge in [0.15, 0.2) is 0 Å². The van der Waals surface area contributed by atoms with E-state index in [1.54, 1.807) is 0 Å². The zero-order chi connectivity index (χ0) is 4.50. The Morgan fingerprint density at radius 3 is 2.00 bits per heavy atom. The topological polar surface area (TPSA) is 37.3 Å². The summed E-state index contributed by atoms with van der Waals surface area (Å²) in [7, 11) is 0. The average Bonchev–Trinajstić information content (AvgIpc) is 0.722. The van der Waals surface area contributed by atoms with E-state index >= 15 is 0 Å². The molecule has 0 aromatic heterocycles. The molecule has 0 aromatic carbocycles. The van der Waals surface area contributed by atoms with Crippen LogP contribution in [0.15, 0.2) is 0 Å². The van der Waals surface area contributed by atoms with Gasteiger partial charge in [0.05, 0.1) is 0 Å². The van der Waals surface area contributed by atoms with Crippen LogP contribution in [0.4, 0.5) is 4.20 Å². The molecule has 30 valence electrons. The molecular weight excluding hydrogens is 201 g/mol. The molecule has 0 spiro atoms. The van der Waals surface area contributed by atoms with Crippen LogP contribution < -0.4 is 0 Å². The maximum atomic E-state index is 10.9. The van der Waals surface area contributed by atoms with Crippen LogP contribution in [-0.2, 0) is 4.57 Å². The zero-order valence-corrected chi connectivity index (χ0v) is 6.45. The molecule has 1 unspecified atom stereocenters. The summed E-state index contributed by atoms with van der Waals surface area (Å²) in [4.78, 5) is 7.47. The monoisotopic (exact) mass is 204 g/mol. The third-order valence-electron chi connectivity index (χ3n) is 0. The summed E-state index contributed by atoms with van der Waals surface area (Å²) in [6.07, 6.45) is 0. The van der Waals surface area contributed by atoms with Gasteiger partial charge in [0, 0.05) is 0 Å². The van der Waals surface area contributed by atoms with Crippen LogP contribution in [0.5, 0.6) is 0 Å². The minimum atomic E-state index is -4.01. The fourth-order valence-electron chi connectivity index (χ4n) is 0. The van der Waals surface area contributed by atoms with Gasteiger partial charge in [0.2, 0.25) is 0 Å². The van der Waals surface area contributed by atoms with Gasteiger partial charge in [-0.15, -0.1) is 0 Å². The third-order valence-corrected chi connectivity index (χ3v) is 0. The summed E-state index contributed by atoms with van der Waals surface area (Å²) in [5.41, 5.74) is 0. The van der Waals surface area contributed by atoms with E-state index < -0.39 is 5.33 Å². The first-order valence-corrected chi connectivity index (χ1v) is 6.85. The summed E-state index contributed by atoms with van der Waals surface area (Å²) < 4.78 is 20.0. The standard InChI is InChI=1S/FO2P.Sn.H/c1-4(2)3;;/q;-1;/p+1. The number of hydrogen-bond donors (Lipinski definition) is 1. The summed E-state index contributed by atoms with van der Waals surface area (Å²) in [5.74, 6) is 0. The maximum absolute atomic E-state index is 10.9. The Kier molecular flexibility index (Phi) is 1.87. The van der Waals surface area contributed by atoms with Crippen LogP contribution >= 0.6 is 5.33 Å². The Hall–Kier alpha value is 0.919. The van der Waals surface area contributed by atoms with E-state index in [0.29, 0.717) is 0 Å². The van der Waals surface area contributed by atoms with E-state index in [4.69, 9.17) is 9.46 Å². The first-order chi connectivity index (χ1) is 2.00. The van der Waals surface area contributed by atoms with Gasteiger partial charge in [-0.3, -0.25) is 0 Å². The summed E-state index contributed by atoms with van der Waals surface area (Å²) in [5, 5.41) is -4.01.